The Morgan fingerprint density at radius 2 is 1.59 bits per heavy atom. The van der Waals surface area contributed by atoms with E-state index in [0.29, 0.717) is 11.3 Å². The Labute approximate surface area is 166 Å². The summed E-state index contributed by atoms with van der Waals surface area (Å²) < 4.78 is 40.7. The second-order valence-electron chi connectivity index (χ2n) is 7.10. The first kappa shape index (κ1) is 21.4. The van der Waals surface area contributed by atoms with E-state index in [1.165, 1.54) is 24.3 Å². The molecule has 3 nitrogen and oxygen atoms in total. The fourth-order valence-corrected chi connectivity index (χ4v) is 2.68. The number of hydrogen-bond acceptors (Lipinski definition) is 3. The topological polar surface area (TPSA) is 35.5 Å². The second kappa shape index (κ2) is 8.38. The summed E-state index contributed by atoms with van der Waals surface area (Å²) in [7, 11) is 0. The number of hydrogen-bond donors (Lipinski definition) is 0. The molecule has 0 aliphatic rings. The van der Waals surface area contributed by atoms with Crippen LogP contribution in [0.4, 0.5) is 8.78 Å². The Bertz CT molecular complexity index is 769. The van der Waals surface area contributed by atoms with E-state index < -0.39 is 23.9 Å². The van der Waals surface area contributed by atoms with Crippen molar-refractivity contribution in [2.24, 2.45) is 0 Å². The van der Waals surface area contributed by atoms with E-state index in [1.54, 1.807) is 52.0 Å². The molecule has 0 atom stereocenters. The van der Waals surface area contributed by atoms with Crippen LogP contribution in [0.5, 0.6) is 5.75 Å². The number of alkyl halides is 2. The molecule has 0 spiro atoms. The van der Waals surface area contributed by atoms with Gasteiger partial charge < -0.3 is 9.47 Å². The molecule has 0 aliphatic carbocycles. The molecule has 0 aromatic heterocycles. The average molecular weight is 441 g/mol. The van der Waals surface area contributed by atoms with Crippen LogP contribution in [0, 0.1) is 0 Å². The van der Waals surface area contributed by atoms with E-state index in [2.05, 4.69) is 15.9 Å². The average Bonchev–Trinajstić information content (AvgIpc) is 2.56. The van der Waals surface area contributed by atoms with Gasteiger partial charge in [0.25, 0.3) is 5.92 Å². The fraction of sp³-hybridized carbons (Fsp3) is 0.381. The van der Waals surface area contributed by atoms with Gasteiger partial charge in [-0.1, -0.05) is 28.1 Å². The third-order valence-electron chi connectivity index (χ3n) is 3.82. The summed E-state index contributed by atoms with van der Waals surface area (Å²) in [5, 5.41) is 0. The summed E-state index contributed by atoms with van der Waals surface area (Å²) in [6.07, 6.45) is -0.660. The van der Waals surface area contributed by atoms with Gasteiger partial charge in [0.15, 0.2) is 5.60 Å². The molecule has 2 aromatic carbocycles. The van der Waals surface area contributed by atoms with Gasteiger partial charge in [-0.15, -0.1) is 0 Å². The Balaban J connectivity index is 2.09. The van der Waals surface area contributed by atoms with Crippen LogP contribution in [0.2, 0.25) is 0 Å². The van der Waals surface area contributed by atoms with Crippen LogP contribution in [0.25, 0.3) is 0 Å². The van der Waals surface area contributed by atoms with E-state index in [4.69, 9.17) is 9.47 Å². The van der Waals surface area contributed by atoms with E-state index >= 15 is 0 Å². The maximum atomic E-state index is 14.6. The van der Waals surface area contributed by atoms with Crippen molar-refractivity contribution < 1.29 is 23.0 Å². The first-order chi connectivity index (χ1) is 12.5. The molecule has 0 radical (unpaired) electrons. The lowest BCUT2D eigenvalue weighted by Gasteiger charge is -2.26. The van der Waals surface area contributed by atoms with Gasteiger partial charge in [-0.05, 0) is 69.7 Å². The lowest BCUT2D eigenvalue weighted by atomic mass is 10.0. The third kappa shape index (κ3) is 6.03. The van der Waals surface area contributed by atoms with Gasteiger partial charge >= 0.3 is 5.97 Å². The molecule has 0 saturated carbocycles. The summed E-state index contributed by atoms with van der Waals surface area (Å²) in [4.78, 5) is 12.1. The Kier molecular flexibility index (Phi) is 6.63. The SMILES string of the molecule is CC(C)OC(=O)C(C)(C)Oc1ccc(C(F)(F)Cc2ccc(Br)cc2)cc1. The van der Waals surface area contributed by atoms with Crippen molar-refractivity contribution in [1.82, 2.24) is 0 Å². The monoisotopic (exact) mass is 440 g/mol. The number of esters is 1. The number of benzene rings is 2. The van der Waals surface area contributed by atoms with E-state index in [0.717, 1.165) is 4.47 Å². The second-order valence-corrected chi connectivity index (χ2v) is 8.01. The summed E-state index contributed by atoms with van der Waals surface area (Å²) in [6.45, 7) is 6.65. The minimum Gasteiger partial charge on any atom is -0.476 e. The highest BCUT2D eigenvalue weighted by atomic mass is 79.9. The summed E-state index contributed by atoms with van der Waals surface area (Å²) >= 11 is 3.29. The van der Waals surface area contributed by atoms with Crippen LogP contribution >= 0.6 is 15.9 Å². The molecular weight excluding hydrogens is 418 g/mol. The van der Waals surface area contributed by atoms with Crippen LogP contribution in [0.3, 0.4) is 0 Å². The molecular formula is C21H23BrF2O3. The molecule has 0 bridgehead atoms. The molecule has 146 valence electrons. The van der Waals surface area contributed by atoms with Crippen LogP contribution in [-0.2, 0) is 21.9 Å². The minimum absolute atomic E-state index is 0.111. The predicted octanol–water partition coefficient (Wildman–Crippen LogP) is 5.89. The summed E-state index contributed by atoms with van der Waals surface area (Å²) in [5.74, 6) is -3.20. The van der Waals surface area contributed by atoms with Crippen LogP contribution in [-0.4, -0.2) is 17.7 Å². The number of ether oxygens (including phenoxy) is 2. The normalized spacial score (nSPS) is 12.1. The van der Waals surface area contributed by atoms with Crippen molar-refractivity contribution >= 4 is 21.9 Å². The Morgan fingerprint density at radius 3 is 2.11 bits per heavy atom. The molecule has 6 heteroatoms. The first-order valence-electron chi connectivity index (χ1n) is 8.62. The number of halogens is 3. The zero-order valence-corrected chi connectivity index (χ0v) is 17.3. The van der Waals surface area contributed by atoms with E-state index in [1.807, 2.05) is 0 Å². The van der Waals surface area contributed by atoms with Gasteiger partial charge in [-0.25, -0.2) is 13.6 Å². The van der Waals surface area contributed by atoms with Crippen molar-refractivity contribution in [3.8, 4) is 5.75 Å². The first-order valence-corrected chi connectivity index (χ1v) is 9.42. The van der Waals surface area contributed by atoms with Gasteiger partial charge in [0.05, 0.1) is 6.10 Å². The molecule has 0 saturated heterocycles. The quantitative estimate of drug-likeness (QED) is 0.503. The molecule has 2 rings (SSSR count). The molecule has 0 fully saturated rings. The van der Waals surface area contributed by atoms with E-state index in [9.17, 15) is 13.6 Å². The largest absolute Gasteiger partial charge is 0.476 e. The van der Waals surface area contributed by atoms with Gasteiger partial charge in [-0.3, -0.25) is 0 Å². The lowest BCUT2D eigenvalue weighted by Crippen LogP contribution is -2.40. The van der Waals surface area contributed by atoms with Crippen LogP contribution < -0.4 is 4.74 Å². The maximum absolute atomic E-state index is 14.6. The molecule has 0 amide bonds. The smallest absolute Gasteiger partial charge is 0.350 e. The number of carbonyl (C=O) groups is 1. The van der Waals surface area contributed by atoms with Gasteiger partial charge in [-0.2, -0.15) is 0 Å². The van der Waals surface area contributed by atoms with Crippen molar-refractivity contribution in [2.75, 3.05) is 0 Å². The molecule has 27 heavy (non-hydrogen) atoms. The Morgan fingerprint density at radius 1 is 1.04 bits per heavy atom. The predicted molar refractivity (Wildman–Crippen MR) is 104 cm³/mol. The van der Waals surface area contributed by atoms with Gasteiger partial charge in [0.1, 0.15) is 5.75 Å². The van der Waals surface area contributed by atoms with Gasteiger partial charge in [0, 0.05) is 16.5 Å². The zero-order chi connectivity index (χ0) is 20.2. The maximum Gasteiger partial charge on any atom is 0.350 e. The fourth-order valence-electron chi connectivity index (χ4n) is 2.42. The molecule has 0 aliphatic heterocycles. The van der Waals surface area contributed by atoms with Crippen LogP contribution in [0.1, 0.15) is 38.8 Å². The lowest BCUT2D eigenvalue weighted by molar-refractivity contribution is -0.163. The molecule has 0 heterocycles. The number of rotatable bonds is 7. The van der Waals surface area contributed by atoms with Crippen molar-refractivity contribution in [1.29, 1.82) is 0 Å². The van der Waals surface area contributed by atoms with Crippen LogP contribution in [0.15, 0.2) is 53.0 Å². The highest BCUT2D eigenvalue weighted by Crippen LogP contribution is 2.33. The van der Waals surface area contributed by atoms with Gasteiger partial charge in [0.2, 0.25) is 0 Å². The van der Waals surface area contributed by atoms with Crippen molar-refractivity contribution in [3.63, 3.8) is 0 Å². The minimum atomic E-state index is -3.02. The molecule has 0 unspecified atom stereocenters. The third-order valence-corrected chi connectivity index (χ3v) is 4.35. The Hall–Kier alpha value is -1.95. The highest BCUT2D eigenvalue weighted by molar-refractivity contribution is 9.10. The van der Waals surface area contributed by atoms with Crippen molar-refractivity contribution in [2.45, 2.75) is 51.7 Å². The standard InChI is InChI=1S/C21H23BrF2O3/c1-14(2)26-19(25)20(3,4)27-18-11-7-16(8-12-18)21(23,24)13-15-5-9-17(22)10-6-15/h5-12,14H,13H2,1-4H3. The van der Waals surface area contributed by atoms with E-state index in [-0.39, 0.29) is 11.7 Å². The highest BCUT2D eigenvalue weighted by Gasteiger charge is 2.34. The molecule has 2 aromatic rings. The zero-order valence-electron chi connectivity index (χ0n) is 15.8. The summed E-state index contributed by atoms with van der Waals surface area (Å²) in [5.41, 5.74) is -0.785. The molecule has 0 N–H and O–H groups in total. The summed E-state index contributed by atoms with van der Waals surface area (Å²) in [6, 6.07) is 12.3. The number of carbonyl (C=O) groups excluding carboxylic acids is 1. The van der Waals surface area contributed by atoms with Crippen molar-refractivity contribution in [3.05, 3.63) is 64.1 Å².